The number of nitrogens with one attached hydrogen (secondary N) is 1. The smallest absolute Gasteiger partial charge is 0.292 e. The van der Waals surface area contributed by atoms with Gasteiger partial charge in [-0.1, -0.05) is 50.2 Å². The Morgan fingerprint density at radius 1 is 1.07 bits per heavy atom. The highest BCUT2D eigenvalue weighted by atomic mass is 16.2. The van der Waals surface area contributed by atoms with Crippen LogP contribution in [-0.4, -0.2) is 28.9 Å². The minimum absolute atomic E-state index is 0.156. The van der Waals surface area contributed by atoms with E-state index in [1.807, 2.05) is 25.3 Å². The average molecular weight is 401 g/mol. The van der Waals surface area contributed by atoms with Gasteiger partial charge in [0.05, 0.1) is 5.39 Å². The molecule has 0 atom stereocenters. The lowest BCUT2D eigenvalue weighted by Gasteiger charge is -2.23. The molecule has 0 fully saturated rings. The van der Waals surface area contributed by atoms with Crippen LogP contribution in [0.3, 0.4) is 0 Å². The number of para-hydroxylation sites is 1. The molecule has 1 aromatic heterocycles. The molecule has 2 aromatic carbocycles. The molecule has 0 radical (unpaired) electrons. The van der Waals surface area contributed by atoms with Crippen LogP contribution in [0.25, 0.3) is 10.8 Å². The molecule has 0 bridgehead atoms. The summed E-state index contributed by atoms with van der Waals surface area (Å²) in [6.07, 6.45) is 3.47. The third-order valence-electron chi connectivity index (χ3n) is 5.59. The Bertz CT molecular complexity index is 1270. The fourth-order valence-corrected chi connectivity index (χ4v) is 4.03. The van der Waals surface area contributed by atoms with Crippen LogP contribution >= 0.6 is 0 Å². The molecule has 0 spiro atoms. The fourth-order valence-electron chi connectivity index (χ4n) is 4.03. The summed E-state index contributed by atoms with van der Waals surface area (Å²) < 4.78 is 1.16. The number of allylic oxidation sites excluding steroid dienone is 2. The molecule has 2 heterocycles. The average Bonchev–Trinajstić information content (AvgIpc) is 2.94. The van der Waals surface area contributed by atoms with E-state index in [1.165, 1.54) is 12.6 Å². The second-order valence-electron chi connectivity index (χ2n) is 7.80. The number of hydrogen-bond acceptors (Lipinski definition) is 5. The second kappa shape index (κ2) is 7.26. The normalized spacial score (nSPS) is 16.4. The van der Waals surface area contributed by atoms with Gasteiger partial charge in [-0.3, -0.25) is 9.59 Å². The van der Waals surface area contributed by atoms with Crippen molar-refractivity contribution in [3.8, 4) is 0 Å². The Kier molecular flexibility index (Phi) is 4.73. The van der Waals surface area contributed by atoms with Crippen molar-refractivity contribution in [2.45, 2.75) is 19.3 Å². The molecule has 0 saturated heterocycles. The van der Waals surface area contributed by atoms with Gasteiger partial charge < -0.3 is 4.90 Å². The number of likely N-dealkylation sites (N-methyl/N-ethyl adjacent to an activating group) is 1. The molecule has 1 amide bonds. The number of hydrazone groups is 1. The van der Waals surface area contributed by atoms with Crippen molar-refractivity contribution in [1.82, 2.24) is 15.2 Å². The number of aromatic nitrogens is 2. The predicted molar refractivity (Wildman–Crippen MR) is 119 cm³/mol. The van der Waals surface area contributed by atoms with E-state index in [0.717, 1.165) is 16.1 Å². The van der Waals surface area contributed by atoms with E-state index in [0.29, 0.717) is 10.8 Å². The second-order valence-corrected chi connectivity index (χ2v) is 7.80. The quantitative estimate of drug-likeness (QED) is 0.541. The summed E-state index contributed by atoms with van der Waals surface area (Å²) in [5.41, 5.74) is 5.73. The third kappa shape index (κ3) is 3.08. The van der Waals surface area contributed by atoms with E-state index >= 15 is 0 Å². The van der Waals surface area contributed by atoms with Gasteiger partial charge in [-0.15, -0.1) is 0 Å². The zero-order chi connectivity index (χ0) is 21.5. The summed E-state index contributed by atoms with van der Waals surface area (Å²) in [5, 5.41) is 9.13. The SMILES string of the molecule is CN1/C(=C\C=N\NC(=O)c2nn(C)c(=O)c3ccccc23)C(C)(C)c2ccccc21. The summed E-state index contributed by atoms with van der Waals surface area (Å²) in [7, 11) is 3.54. The molecule has 4 rings (SSSR count). The van der Waals surface area contributed by atoms with Crippen molar-refractivity contribution in [1.29, 1.82) is 0 Å². The molecule has 0 aliphatic carbocycles. The van der Waals surface area contributed by atoms with Gasteiger partial charge in [0, 0.05) is 42.5 Å². The number of carbonyl (C=O) groups excluding carboxylic acids is 1. The fraction of sp³-hybridized carbons (Fsp3) is 0.217. The first-order valence-corrected chi connectivity index (χ1v) is 9.66. The first kappa shape index (κ1) is 19.6. The number of rotatable bonds is 3. The van der Waals surface area contributed by atoms with Crippen molar-refractivity contribution >= 4 is 28.6 Å². The number of hydrogen-bond donors (Lipinski definition) is 1. The summed E-state index contributed by atoms with van der Waals surface area (Å²) >= 11 is 0. The molecule has 1 N–H and O–H groups in total. The lowest BCUT2D eigenvalue weighted by atomic mass is 9.84. The Hall–Kier alpha value is -3.74. The predicted octanol–water partition coefficient (Wildman–Crippen LogP) is 2.96. The topological polar surface area (TPSA) is 79.6 Å². The van der Waals surface area contributed by atoms with Gasteiger partial charge in [-0.25, -0.2) is 10.1 Å². The number of carbonyl (C=O) groups is 1. The molecule has 30 heavy (non-hydrogen) atoms. The molecule has 3 aromatic rings. The number of amides is 1. The molecule has 0 unspecified atom stereocenters. The van der Waals surface area contributed by atoms with Gasteiger partial charge in [-0.05, 0) is 23.8 Å². The maximum atomic E-state index is 12.7. The molecule has 0 saturated carbocycles. The van der Waals surface area contributed by atoms with Gasteiger partial charge in [0.25, 0.3) is 11.5 Å². The Morgan fingerprint density at radius 2 is 1.73 bits per heavy atom. The van der Waals surface area contributed by atoms with Gasteiger partial charge in [0.2, 0.25) is 0 Å². The van der Waals surface area contributed by atoms with Crippen LogP contribution in [-0.2, 0) is 12.5 Å². The maximum Gasteiger partial charge on any atom is 0.292 e. The summed E-state index contributed by atoms with van der Waals surface area (Å²) in [4.78, 5) is 27.0. The van der Waals surface area contributed by atoms with Crippen LogP contribution in [0.15, 0.2) is 70.2 Å². The van der Waals surface area contributed by atoms with Crippen LogP contribution in [0.5, 0.6) is 0 Å². The van der Waals surface area contributed by atoms with Crippen LogP contribution in [0.1, 0.15) is 29.9 Å². The molecule has 152 valence electrons. The van der Waals surface area contributed by atoms with Gasteiger partial charge >= 0.3 is 0 Å². The van der Waals surface area contributed by atoms with E-state index in [1.54, 1.807) is 30.5 Å². The number of aryl methyl sites for hydroxylation is 1. The first-order valence-electron chi connectivity index (χ1n) is 9.66. The highest BCUT2D eigenvalue weighted by molar-refractivity contribution is 6.04. The molecule has 1 aliphatic heterocycles. The maximum absolute atomic E-state index is 12.7. The molecule has 7 nitrogen and oxygen atoms in total. The van der Waals surface area contributed by atoms with E-state index < -0.39 is 5.91 Å². The van der Waals surface area contributed by atoms with Crippen molar-refractivity contribution in [2.75, 3.05) is 11.9 Å². The molecule has 1 aliphatic rings. The van der Waals surface area contributed by atoms with Crippen molar-refractivity contribution in [2.24, 2.45) is 12.1 Å². The number of nitrogens with zero attached hydrogens (tertiary/aromatic N) is 4. The lowest BCUT2D eigenvalue weighted by Crippen LogP contribution is -2.27. The number of benzene rings is 2. The van der Waals surface area contributed by atoms with Gasteiger partial charge in [-0.2, -0.15) is 10.2 Å². The van der Waals surface area contributed by atoms with Crippen LogP contribution in [0, 0.1) is 0 Å². The van der Waals surface area contributed by atoms with Crippen LogP contribution in [0.2, 0.25) is 0 Å². The zero-order valence-electron chi connectivity index (χ0n) is 17.4. The zero-order valence-corrected chi connectivity index (χ0v) is 17.4. The van der Waals surface area contributed by atoms with Gasteiger partial charge in [0.15, 0.2) is 5.69 Å². The summed E-state index contributed by atoms with van der Waals surface area (Å²) in [5.74, 6) is -0.473. The largest absolute Gasteiger partial charge is 0.347 e. The van der Waals surface area contributed by atoms with Crippen LogP contribution in [0.4, 0.5) is 5.69 Å². The van der Waals surface area contributed by atoms with E-state index in [4.69, 9.17) is 0 Å². The van der Waals surface area contributed by atoms with E-state index in [-0.39, 0.29) is 16.7 Å². The van der Waals surface area contributed by atoms with E-state index in [2.05, 4.69) is 46.5 Å². The summed E-state index contributed by atoms with van der Waals surface area (Å²) in [6.45, 7) is 4.32. The number of anilines is 1. The Balaban J connectivity index is 1.58. The first-order chi connectivity index (χ1) is 14.3. The Labute approximate surface area is 174 Å². The highest BCUT2D eigenvalue weighted by Gasteiger charge is 2.37. The number of fused-ring (bicyclic) bond motifs is 2. The Morgan fingerprint density at radius 3 is 2.47 bits per heavy atom. The van der Waals surface area contributed by atoms with Gasteiger partial charge in [0.1, 0.15) is 0 Å². The van der Waals surface area contributed by atoms with Crippen molar-refractivity contribution in [3.05, 3.63) is 81.9 Å². The van der Waals surface area contributed by atoms with Crippen molar-refractivity contribution in [3.63, 3.8) is 0 Å². The highest BCUT2D eigenvalue weighted by Crippen LogP contribution is 2.46. The third-order valence-corrected chi connectivity index (χ3v) is 5.59. The minimum Gasteiger partial charge on any atom is -0.347 e. The standard InChI is InChI=1S/C23H23N5O2/c1-23(2)17-11-7-8-12-18(17)27(3)19(23)13-14-24-25-21(29)20-15-9-5-6-10-16(15)22(30)28(4)26-20/h5-14H,1-4H3,(H,25,29)/b19-13-,24-14+. The monoisotopic (exact) mass is 401 g/mol. The van der Waals surface area contributed by atoms with E-state index in [9.17, 15) is 9.59 Å². The lowest BCUT2D eigenvalue weighted by molar-refractivity contribution is 0.0950. The molecular weight excluding hydrogens is 378 g/mol. The van der Waals surface area contributed by atoms with Crippen molar-refractivity contribution < 1.29 is 4.79 Å². The summed E-state index contributed by atoms with van der Waals surface area (Å²) in [6, 6.07) is 15.2. The molecule has 7 heteroatoms. The minimum atomic E-state index is -0.473. The molecular formula is C23H23N5O2. The van der Waals surface area contributed by atoms with Crippen LogP contribution < -0.4 is 15.9 Å².